The summed E-state index contributed by atoms with van der Waals surface area (Å²) in [5.41, 5.74) is 2.87. The molecule has 0 amide bonds. The summed E-state index contributed by atoms with van der Waals surface area (Å²) in [6, 6.07) is 13.0. The number of benzene rings is 2. The van der Waals surface area contributed by atoms with E-state index in [9.17, 15) is 9.90 Å². The van der Waals surface area contributed by atoms with Crippen LogP contribution in [0.1, 0.15) is 29.0 Å². The molecule has 1 N–H and O–H groups in total. The Morgan fingerprint density at radius 3 is 2.41 bits per heavy atom. The summed E-state index contributed by atoms with van der Waals surface area (Å²) in [4.78, 5) is 11.5. The SMILES string of the molecule is Cc1cc(C)cc(OCCC(C(=O)O)c2ccccc2Cl)c1. The van der Waals surface area contributed by atoms with E-state index < -0.39 is 11.9 Å². The van der Waals surface area contributed by atoms with Gasteiger partial charge in [-0.3, -0.25) is 4.79 Å². The zero-order chi connectivity index (χ0) is 16.1. The molecular weight excluding hydrogens is 300 g/mol. The standard InChI is InChI=1S/C18H19ClO3/c1-12-9-13(2)11-14(10-12)22-8-7-16(18(20)21)15-5-3-4-6-17(15)19/h3-6,9-11,16H,7-8H2,1-2H3,(H,20,21). The summed E-state index contributed by atoms with van der Waals surface area (Å²) in [5.74, 6) is -0.794. The number of aryl methyl sites for hydroxylation is 2. The van der Waals surface area contributed by atoms with Gasteiger partial charge in [-0.15, -0.1) is 0 Å². The molecule has 22 heavy (non-hydrogen) atoms. The summed E-state index contributed by atoms with van der Waals surface area (Å²) in [7, 11) is 0. The van der Waals surface area contributed by atoms with Crippen LogP contribution in [0.25, 0.3) is 0 Å². The van der Waals surface area contributed by atoms with Crippen molar-refractivity contribution in [1.29, 1.82) is 0 Å². The van der Waals surface area contributed by atoms with Gasteiger partial charge in [0.15, 0.2) is 0 Å². The van der Waals surface area contributed by atoms with E-state index in [4.69, 9.17) is 16.3 Å². The number of rotatable bonds is 6. The van der Waals surface area contributed by atoms with Gasteiger partial charge in [0.05, 0.1) is 12.5 Å². The van der Waals surface area contributed by atoms with Crippen molar-refractivity contribution in [3.63, 3.8) is 0 Å². The topological polar surface area (TPSA) is 46.5 Å². The number of ether oxygens (including phenoxy) is 1. The monoisotopic (exact) mass is 318 g/mol. The highest BCUT2D eigenvalue weighted by Gasteiger charge is 2.22. The van der Waals surface area contributed by atoms with Gasteiger partial charge in [-0.05, 0) is 55.2 Å². The molecule has 2 rings (SSSR count). The molecule has 1 unspecified atom stereocenters. The molecule has 0 radical (unpaired) electrons. The largest absolute Gasteiger partial charge is 0.494 e. The summed E-state index contributed by atoms with van der Waals surface area (Å²) in [6.45, 7) is 4.33. The molecule has 0 fully saturated rings. The van der Waals surface area contributed by atoms with E-state index in [0.717, 1.165) is 16.9 Å². The first-order chi connectivity index (χ1) is 10.5. The second-order valence-electron chi connectivity index (χ2n) is 5.37. The van der Waals surface area contributed by atoms with Gasteiger partial charge in [0.25, 0.3) is 0 Å². The fourth-order valence-electron chi connectivity index (χ4n) is 2.48. The van der Waals surface area contributed by atoms with E-state index in [1.54, 1.807) is 24.3 Å². The predicted molar refractivity (Wildman–Crippen MR) is 87.9 cm³/mol. The van der Waals surface area contributed by atoms with Crippen LogP contribution >= 0.6 is 11.6 Å². The molecule has 0 aliphatic carbocycles. The minimum Gasteiger partial charge on any atom is -0.494 e. The number of carboxylic acid groups (broad SMARTS) is 1. The third-order valence-electron chi connectivity index (χ3n) is 3.45. The van der Waals surface area contributed by atoms with E-state index in [0.29, 0.717) is 23.6 Å². The van der Waals surface area contributed by atoms with Crippen LogP contribution in [0.3, 0.4) is 0 Å². The number of halogens is 1. The molecule has 0 saturated carbocycles. The summed E-state index contributed by atoms with van der Waals surface area (Å²) >= 11 is 6.10. The highest BCUT2D eigenvalue weighted by Crippen LogP contribution is 2.27. The molecular formula is C18H19ClO3. The average Bonchev–Trinajstić information content (AvgIpc) is 2.43. The lowest BCUT2D eigenvalue weighted by molar-refractivity contribution is -0.139. The number of carbonyl (C=O) groups is 1. The maximum absolute atomic E-state index is 11.5. The molecule has 4 heteroatoms. The molecule has 0 bridgehead atoms. The number of hydrogen-bond acceptors (Lipinski definition) is 2. The molecule has 2 aromatic carbocycles. The molecule has 116 valence electrons. The molecule has 1 atom stereocenters. The highest BCUT2D eigenvalue weighted by atomic mass is 35.5. The number of carboxylic acids is 1. The van der Waals surface area contributed by atoms with Crippen molar-refractivity contribution in [3.05, 3.63) is 64.2 Å². The average molecular weight is 319 g/mol. The van der Waals surface area contributed by atoms with Crippen LogP contribution in [-0.2, 0) is 4.79 Å². The van der Waals surface area contributed by atoms with E-state index in [-0.39, 0.29) is 0 Å². The van der Waals surface area contributed by atoms with Crippen molar-refractivity contribution in [3.8, 4) is 5.75 Å². The van der Waals surface area contributed by atoms with Crippen LogP contribution in [0.4, 0.5) is 0 Å². The Labute approximate surface area is 135 Å². The lowest BCUT2D eigenvalue weighted by atomic mass is 9.96. The lowest BCUT2D eigenvalue weighted by Gasteiger charge is -2.15. The van der Waals surface area contributed by atoms with E-state index in [1.165, 1.54) is 0 Å². The van der Waals surface area contributed by atoms with Crippen LogP contribution in [-0.4, -0.2) is 17.7 Å². The smallest absolute Gasteiger partial charge is 0.311 e. The Hall–Kier alpha value is -2.00. The van der Waals surface area contributed by atoms with Gasteiger partial charge in [-0.1, -0.05) is 35.9 Å². The van der Waals surface area contributed by atoms with Crippen LogP contribution < -0.4 is 4.74 Å². The first-order valence-corrected chi connectivity index (χ1v) is 7.53. The molecule has 0 heterocycles. The van der Waals surface area contributed by atoms with Crippen LogP contribution in [0.5, 0.6) is 5.75 Å². The Bertz CT molecular complexity index is 647. The van der Waals surface area contributed by atoms with Crippen LogP contribution in [0, 0.1) is 13.8 Å². The van der Waals surface area contributed by atoms with Gasteiger partial charge in [-0.25, -0.2) is 0 Å². The zero-order valence-electron chi connectivity index (χ0n) is 12.7. The minimum atomic E-state index is -0.892. The maximum Gasteiger partial charge on any atom is 0.311 e. The van der Waals surface area contributed by atoms with Crippen molar-refractivity contribution in [2.75, 3.05) is 6.61 Å². The Balaban J connectivity index is 2.04. The first-order valence-electron chi connectivity index (χ1n) is 7.15. The number of hydrogen-bond donors (Lipinski definition) is 1. The van der Waals surface area contributed by atoms with Crippen molar-refractivity contribution >= 4 is 17.6 Å². The van der Waals surface area contributed by atoms with Gasteiger partial charge < -0.3 is 9.84 Å². The van der Waals surface area contributed by atoms with Crippen molar-refractivity contribution in [2.24, 2.45) is 0 Å². The first kappa shape index (κ1) is 16.4. The van der Waals surface area contributed by atoms with E-state index in [2.05, 4.69) is 6.07 Å². The fourth-order valence-corrected chi connectivity index (χ4v) is 2.75. The quantitative estimate of drug-likeness (QED) is 0.847. The predicted octanol–water partition coefficient (Wildman–Crippen LogP) is 4.59. The molecule has 0 aliphatic rings. The molecule has 0 saturated heterocycles. The number of aliphatic carboxylic acids is 1. The van der Waals surface area contributed by atoms with Crippen molar-refractivity contribution in [1.82, 2.24) is 0 Å². The zero-order valence-corrected chi connectivity index (χ0v) is 13.4. The summed E-state index contributed by atoms with van der Waals surface area (Å²) in [6.07, 6.45) is 0.367. The van der Waals surface area contributed by atoms with Gasteiger partial charge >= 0.3 is 5.97 Å². The Morgan fingerprint density at radius 2 is 1.82 bits per heavy atom. The third kappa shape index (κ3) is 4.25. The minimum absolute atomic E-state index is 0.324. The van der Waals surface area contributed by atoms with Crippen LogP contribution in [0.2, 0.25) is 5.02 Å². The van der Waals surface area contributed by atoms with Gasteiger partial charge in [0.1, 0.15) is 5.75 Å². The second kappa shape index (κ2) is 7.32. The maximum atomic E-state index is 11.5. The molecule has 0 spiro atoms. The third-order valence-corrected chi connectivity index (χ3v) is 3.79. The molecule has 2 aromatic rings. The molecule has 0 aliphatic heterocycles. The summed E-state index contributed by atoms with van der Waals surface area (Å²) in [5, 5.41) is 9.90. The van der Waals surface area contributed by atoms with Crippen molar-refractivity contribution < 1.29 is 14.6 Å². The fraction of sp³-hybridized carbons (Fsp3) is 0.278. The van der Waals surface area contributed by atoms with Gasteiger partial charge in [0, 0.05) is 5.02 Å². The summed E-state index contributed by atoms with van der Waals surface area (Å²) < 4.78 is 5.70. The van der Waals surface area contributed by atoms with E-state index in [1.807, 2.05) is 26.0 Å². The van der Waals surface area contributed by atoms with E-state index >= 15 is 0 Å². The Kier molecular flexibility index (Phi) is 5.45. The molecule has 0 aromatic heterocycles. The van der Waals surface area contributed by atoms with Crippen LogP contribution in [0.15, 0.2) is 42.5 Å². The van der Waals surface area contributed by atoms with Gasteiger partial charge in [-0.2, -0.15) is 0 Å². The van der Waals surface area contributed by atoms with Gasteiger partial charge in [0.2, 0.25) is 0 Å². The lowest BCUT2D eigenvalue weighted by Crippen LogP contribution is -2.15. The molecule has 3 nitrogen and oxygen atoms in total. The normalized spacial score (nSPS) is 12.0. The highest BCUT2D eigenvalue weighted by molar-refractivity contribution is 6.31. The van der Waals surface area contributed by atoms with Crippen molar-refractivity contribution in [2.45, 2.75) is 26.2 Å². The second-order valence-corrected chi connectivity index (χ2v) is 5.78. The Morgan fingerprint density at radius 1 is 1.18 bits per heavy atom.